The van der Waals surface area contributed by atoms with E-state index in [4.69, 9.17) is 0 Å². The topological polar surface area (TPSA) is 118 Å². The van der Waals surface area contributed by atoms with Gasteiger partial charge in [-0.05, 0) is 6.07 Å². The average molecular weight is 206 g/mol. The summed E-state index contributed by atoms with van der Waals surface area (Å²) in [6.45, 7) is 0. The Bertz CT molecular complexity index is 453. The summed E-state index contributed by atoms with van der Waals surface area (Å²) in [7, 11) is 0. The molecule has 0 spiro atoms. The molecule has 2 aromatic heterocycles. The van der Waals surface area contributed by atoms with Crippen molar-refractivity contribution >= 4 is 5.97 Å². The highest BCUT2D eigenvalue weighted by Gasteiger charge is 2.06. The molecule has 78 valence electrons. The van der Waals surface area contributed by atoms with Gasteiger partial charge in [0.25, 0.3) is 0 Å². The van der Waals surface area contributed by atoms with Gasteiger partial charge < -0.3 is 21.0 Å². The summed E-state index contributed by atoms with van der Waals surface area (Å²) < 4.78 is 0. The Morgan fingerprint density at radius 2 is 2.20 bits per heavy atom. The molecule has 0 unspecified atom stereocenters. The van der Waals surface area contributed by atoms with Crippen LogP contribution in [0.4, 0.5) is 0 Å². The van der Waals surface area contributed by atoms with Gasteiger partial charge in [0.05, 0.1) is 5.97 Å². The number of aromatic nitrogens is 3. The standard InChI is InChI=1S/C9H7N3O2.H3N/c13-9(14)7-5-10-2-1-6(7)8-11-3-4-12-8;/h1-5H,(H,11,12)(H,13,14);1H3. The number of carbonyl (C=O) groups is 1. The number of quaternary nitrogens is 1. The second kappa shape index (κ2) is 4.34. The van der Waals surface area contributed by atoms with Gasteiger partial charge in [0.1, 0.15) is 5.82 Å². The quantitative estimate of drug-likeness (QED) is 0.729. The molecule has 5 N–H and O–H groups in total. The van der Waals surface area contributed by atoms with Gasteiger partial charge in [-0.3, -0.25) is 4.98 Å². The third-order valence-corrected chi connectivity index (χ3v) is 1.79. The molecular formula is C9H10N4O2. The van der Waals surface area contributed by atoms with E-state index in [0.717, 1.165) is 0 Å². The van der Waals surface area contributed by atoms with E-state index in [1.54, 1.807) is 18.5 Å². The maximum absolute atomic E-state index is 10.7. The molecule has 0 saturated heterocycles. The zero-order valence-corrected chi connectivity index (χ0v) is 8.10. The lowest BCUT2D eigenvalue weighted by atomic mass is 10.1. The molecule has 0 saturated carbocycles. The maximum Gasteiger partial charge on any atom is 0.138 e. The minimum absolute atomic E-state index is 0. The first-order valence-electron chi connectivity index (χ1n) is 3.94. The smallest absolute Gasteiger partial charge is 0.138 e. The minimum atomic E-state index is -1.26. The average Bonchev–Trinajstić information content (AvgIpc) is 2.70. The first kappa shape index (κ1) is 10.9. The van der Waals surface area contributed by atoms with Crippen molar-refractivity contribution in [2.75, 3.05) is 0 Å². The van der Waals surface area contributed by atoms with Crippen LogP contribution in [0.2, 0.25) is 0 Å². The third-order valence-electron chi connectivity index (χ3n) is 1.79. The molecule has 15 heavy (non-hydrogen) atoms. The Morgan fingerprint density at radius 3 is 2.80 bits per heavy atom. The van der Waals surface area contributed by atoms with Crippen LogP contribution in [0.3, 0.4) is 0 Å². The summed E-state index contributed by atoms with van der Waals surface area (Å²) >= 11 is 0. The first-order valence-corrected chi connectivity index (χ1v) is 3.94. The third kappa shape index (κ3) is 2.00. The van der Waals surface area contributed by atoms with Gasteiger partial charge in [0.2, 0.25) is 0 Å². The summed E-state index contributed by atoms with van der Waals surface area (Å²) in [6, 6.07) is 1.57. The zero-order valence-electron chi connectivity index (χ0n) is 8.10. The van der Waals surface area contributed by atoms with E-state index in [2.05, 4.69) is 15.0 Å². The Kier molecular flexibility index (Phi) is 3.14. The number of carbonyl (C=O) groups excluding carboxylic acids is 1. The van der Waals surface area contributed by atoms with E-state index in [-0.39, 0.29) is 11.7 Å². The Balaban J connectivity index is 0.00000112. The van der Waals surface area contributed by atoms with E-state index in [0.29, 0.717) is 11.4 Å². The van der Waals surface area contributed by atoms with E-state index in [1.165, 1.54) is 12.4 Å². The van der Waals surface area contributed by atoms with Crippen LogP contribution >= 0.6 is 0 Å². The normalized spacial score (nSPS) is 9.33. The van der Waals surface area contributed by atoms with Crippen LogP contribution in [0.25, 0.3) is 11.4 Å². The van der Waals surface area contributed by atoms with Gasteiger partial charge in [-0.2, -0.15) is 0 Å². The van der Waals surface area contributed by atoms with Gasteiger partial charge in [0.15, 0.2) is 0 Å². The van der Waals surface area contributed by atoms with E-state index in [1.807, 2.05) is 0 Å². The van der Waals surface area contributed by atoms with Crippen molar-refractivity contribution in [3.05, 3.63) is 36.4 Å². The van der Waals surface area contributed by atoms with Crippen molar-refractivity contribution in [3.63, 3.8) is 0 Å². The molecule has 0 aliphatic carbocycles. The Morgan fingerprint density at radius 1 is 1.40 bits per heavy atom. The molecule has 6 heteroatoms. The molecule has 0 aliphatic heterocycles. The lowest BCUT2D eigenvalue weighted by Gasteiger charge is -2.06. The Labute approximate surface area is 85.6 Å². The van der Waals surface area contributed by atoms with Crippen LogP contribution in [-0.4, -0.2) is 20.9 Å². The van der Waals surface area contributed by atoms with Crippen LogP contribution in [0.5, 0.6) is 0 Å². The van der Waals surface area contributed by atoms with E-state index >= 15 is 0 Å². The van der Waals surface area contributed by atoms with Crippen LogP contribution < -0.4 is 11.3 Å². The summed E-state index contributed by atoms with van der Waals surface area (Å²) in [5.41, 5.74) is 0.507. The predicted octanol–water partition coefficient (Wildman–Crippen LogP) is 0.211. The highest BCUT2D eigenvalue weighted by atomic mass is 16.4. The van der Waals surface area contributed by atoms with Crippen LogP contribution in [0, 0.1) is 0 Å². The van der Waals surface area contributed by atoms with Crippen molar-refractivity contribution in [3.8, 4) is 11.4 Å². The van der Waals surface area contributed by atoms with Gasteiger partial charge >= 0.3 is 0 Å². The number of carboxylic acids is 1. The second-order valence-electron chi connectivity index (χ2n) is 2.65. The number of nitrogens with one attached hydrogen (secondary N) is 1. The van der Waals surface area contributed by atoms with Crippen molar-refractivity contribution < 1.29 is 9.90 Å². The molecule has 6 nitrogen and oxygen atoms in total. The van der Waals surface area contributed by atoms with Crippen molar-refractivity contribution in [1.82, 2.24) is 21.1 Å². The molecule has 2 heterocycles. The van der Waals surface area contributed by atoms with Crippen molar-refractivity contribution in [2.24, 2.45) is 0 Å². The van der Waals surface area contributed by atoms with Crippen LogP contribution in [0.1, 0.15) is 10.4 Å². The second-order valence-corrected chi connectivity index (χ2v) is 2.65. The number of rotatable bonds is 2. The lowest BCUT2D eigenvalue weighted by molar-refractivity contribution is -0.255. The monoisotopic (exact) mass is 206 g/mol. The SMILES string of the molecule is O=C([O-])c1cnccc1-c1ncc[nH]1.[NH4+]. The van der Waals surface area contributed by atoms with Gasteiger partial charge in [0, 0.05) is 35.9 Å². The number of nitrogens with zero attached hydrogens (tertiary/aromatic N) is 2. The van der Waals surface area contributed by atoms with Crippen LogP contribution in [-0.2, 0) is 0 Å². The number of H-pyrrole nitrogens is 1. The molecule has 0 fully saturated rings. The number of imidazole rings is 1. The number of aromatic carboxylic acids is 1. The summed E-state index contributed by atoms with van der Waals surface area (Å²) in [5.74, 6) is -0.767. The highest BCUT2D eigenvalue weighted by Crippen LogP contribution is 2.17. The molecule has 0 aromatic carbocycles. The summed E-state index contributed by atoms with van der Waals surface area (Å²) in [5, 5.41) is 10.7. The first-order chi connectivity index (χ1) is 6.79. The largest absolute Gasteiger partial charge is 0.545 e. The number of hydrogen-bond donors (Lipinski definition) is 2. The molecule has 0 bridgehead atoms. The number of aromatic amines is 1. The molecule has 0 aliphatic rings. The van der Waals surface area contributed by atoms with Crippen molar-refractivity contribution in [2.45, 2.75) is 0 Å². The van der Waals surface area contributed by atoms with Crippen LogP contribution in [0.15, 0.2) is 30.9 Å². The highest BCUT2D eigenvalue weighted by molar-refractivity contribution is 5.93. The number of pyridine rings is 1. The maximum atomic E-state index is 10.7. The summed E-state index contributed by atoms with van der Waals surface area (Å²) in [6.07, 6.45) is 5.92. The minimum Gasteiger partial charge on any atom is -0.545 e. The number of hydrogen-bond acceptors (Lipinski definition) is 4. The fraction of sp³-hybridized carbons (Fsp3) is 0. The lowest BCUT2D eigenvalue weighted by Crippen LogP contribution is -2.23. The van der Waals surface area contributed by atoms with Crippen molar-refractivity contribution in [1.29, 1.82) is 0 Å². The number of carboxylic acid groups (broad SMARTS) is 1. The summed E-state index contributed by atoms with van der Waals surface area (Å²) in [4.78, 5) is 21.2. The predicted molar refractivity (Wildman–Crippen MR) is 52.1 cm³/mol. The molecular weight excluding hydrogens is 196 g/mol. The molecule has 2 rings (SSSR count). The molecule has 0 amide bonds. The molecule has 2 aromatic rings. The van der Waals surface area contributed by atoms with Gasteiger partial charge in [-0.25, -0.2) is 4.98 Å². The van der Waals surface area contributed by atoms with E-state index < -0.39 is 5.97 Å². The van der Waals surface area contributed by atoms with E-state index in [9.17, 15) is 9.90 Å². The Hall–Kier alpha value is -2.21. The molecule has 0 radical (unpaired) electrons. The van der Waals surface area contributed by atoms with Gasteiger partial charge in [-0.1, -0.05) is 0 Å². The fourth-order valence-corrected chi connectivity index (χ4v) is 1.18. The molecule has 0 atom stereocenters. The zero-order chi connectivity index (χ0) is 9.97. The fourth-order valence-electron chi connectivity index (χ4n) is 1.18. The van der Waals surface area contributed by atoms with Gasteiger partial charge in [-0.15, -0.1) is 0 Å².